The van der Waals surface area contributed by atoms with Crippen LogP contribution in [-0.2, 0) is 6.42 Å². The summed E-state index contributed by atoms with van der Waals surface area (Å²) in [5, 5.41) is 1.79. The van der Waals surface area contributed by atoms with E-state index in [2.05, 4.69) is 16.0 Å². The van der Waals surface area contributed by atoms with Gasteiger partial charge in [0.05, 0.1) is 0 Å². The number of H-pyrrole nitrogens is 1. The number of nitrogens with one attached hydrogen (secondary N) is 1. The van der Waals surface area contributed by atoms with Crippen molar-refractivity contribution in [1.82, 2.24) is 9.88 Å². The second kappa shape index (κ2) is 7.52. The van der Waals surface area contributed by atoms with Crippen LogP contribution in [0.1, 0.15) is 12.0 Å². The Hall–Kier alpha value is -2.30. The Morgan fingerprint density at radius 3 is 2.85 bits per heavy atom. The lowest BCUT2D eigenvalue weighted by Gasteiger charge is -2.39. The molecule has 5 heteroatoms. The van der Waals surface area contributed by atoms with Crippen LogP contribution in [0.15, 0.2) is 59.4 Å². The zero-order chi connectivity index (χ0) is 17.9. The molecule has 1 saturated heterocycles. The van der Waals surface area contributed by atoms with Gasteiger partial charge in [0.15, 0.2) is 0 Å². The fourth-order valence-corrected chi connectivity index (χ4v) is 3.59. The number of ether oxygens (including phenoxy) is 1. The van der Waals surface area contributed by atoms with E-state index in [1.54, 1.807) is 0 Å². The van der Waals surface area contributed by atoms with Crippen LogP contribution < -0.4 is 10.3 Å². The molecule has 0 atom stereocenters. The number of halogens is 1. The molecule has 1 aliphatic heterocycles. The molecule has 4 nitrogen and oxygen atoms in total. The van der Waals surface area contributed by atoms with E-state index in [0.717, 1.165) is 54.2 Å². The second-order valence-corrected chi connectivity index (χ2v) is 7.24. The van der Waals surface area contributed by atoms with Gasteiger partial charge in [-0.2, -0.15) is 0 Å². The van der Waals surface area contributed by atoms with Crippen molar-refractivity contribution < 1.29 is 4.74 Å². The molecule has 0 spiro atoms. The molecule has 1 fully saturated rings. The fourth-order valence-electron chi connectivity index (χ4n) is 3.38. The topological polar surface area (TPSA) is 45.3 Å². The van der Waals surface area contributed by atoms with Gasteiger partial charge in [0.25, 0.3) is 0 Å². The molecule has 0 bridgehead atoms. The van der Waals surface area contributed by atoms with Gasteiger partial charge >= 0.3 is 0 Å². The zero-order valence-electron chi connectivity index (χ0n) is 14.5. The molecule has 0 saturated carbocycles. The van der Waals surface area contributed by atoms with E-state index in [0.29, 0.717) is 0 Å². The van der Waals surface area contributed by atoms with Crippen LogP contribution in [0.5, 0.6) is 5.75 Å². The number of aryl methyl sites for hydroxylation is 1. The average molecular weight is 369 g/mol. The third-order valence-corrected chi connectivity index (χ3v) is 4.99. The van der Waals surface area contributed by atoms with Gasteiger partial charge in [-0.1, -0.05) is 23.7 Å². The monoisotopic (exact) mass is 368 g/mol. The quantitative estimate of drug-likeness (QED) is 0.718. The minimum atomic E-state index is -0.0847. The number of rotatable bonds is 6. The number of nitrogens with zero attached hydrogens (tertiary/aromatic N) is 1. The van der Waals surface area contributed by atoms with Crippen LogP contribution in [0.2, 0.25) is 5.02 Å². The van der Waals surface area contributed by atoms with E-state index in [9.17, 15) is 4.79 Å². The summed E-state index contributed by atoms with van der Waals surface area (Å²) in [4.78, 5) is 16.6. The number of likely N-dealkylation sites (tertiary alicyclic amines) is 1. The van der Waals surface area contributed by atoms with Crippen molar-refractivity contribution in [3.05, 3.63) is 75.5 Å². The van der Waals surface area contributed by atoms with E-state index in [1.807, 2.05) is 42.5 Å². The maximum absolute atomic E-state index is 11.3. The molecule has 1 aromatic heterocycles. The predicted octanol–water partition coefficient (Wildman–Crippen LogP) is 3.88. The third kappa shape index (κ3) is 4.09. The number of hydrogen-bond acceptors (Lipinski definition) is 3. The summed E-state index contributed by atoms with van der Waals surface area (Å²) in [6.45, 7) is 2.99. The van der Waals surface area contributed by atoms with E-state index in [1.165, 1.54) is 11.6 Å². The minimum absolute atomic E-state index is 0.0847. The molecule has 0 radical (unpaired) electrons. The summed E-state index contributed by atoms with van der Waals surface area (Å²) < 4.78 is 6.05. The lowest BCUT2D eigenvalue weighted by Crippen LogP contribution is -2.53. The van der Waals surface area contributed by atoms with E-state index < -0.39 is 0 Å². The molecular weight excluding hydrogens is 348 g/mol. The number of benzene rings is 2. The van der Waals surface area contributed by atoms with Gasteiger partial charge in [0, 0.05) is 35.1 Å². The molecule has 26 heavy (non-hydrogen) atoms. The molecular formula is C21H21ClN2O2. The number of fused-ring (bicyclic) bond motifs is 1. The summed E-state index contributed by atoms with van der Waals surface area (Å²) >= 11 is 6.02. The molecule has 134 valence electrons. The molecule has 1 aliphatic rings. The summed E-state index contributed by atoms with van der Waals surface area (Å²) in [5.74, 6) is 0.855. The highest BCUT2D eigenvalue weighted by atomic mass is 35.5. The highest BCUT2D eigenvalue weighted by molar-refractivity contribution is 6.30. The fraction of sp³-hybridized carbons (Fsp3) is 0.286. The Morgan fingerprint density at radius 1 is 1.12 bits per heavy atom. The largest absolute Gasteiger partial charge is 0.488 e. The van der Waals surface area contributed by atoms with Crippen molar-refractivity contribution in [2.45, 2.75) is 18.9 Å². The Labute approximate surface area is 157 Å². The SMILES string of the molecule is O=c1ccc2cc(OC3CN(CCCc4cccc(Cl)c4)C3)ccc2[nH]1. The zero-order valence-corrected chi connectivity index (χ0v) is 15.2. The Kier molecular flexibility index (Phi) is 4.96. The van der Waals surface area contributed by atoms with Crippen molar-refractivity contribution in [3.63, 3.8) is 0 Å². The maximum Gasteiger partial charge on any atom is 0.248 e. The second-order valence-electron chi connectivity index (χ2n) is 6.80. The van der Waals surface area contributed by atoms with Gasteiger partial charge in [-0.3, -0.25) is 9.69 Å². The van der Waals surface area contributed by atoms with E-state index in [4.69, 9.17) is 16.3 Å². The first-order valence-corrected chi connectivity index (χ1v) is 9.30. The molecule has 0 aliphatic carbocycles. The molecule has 0 unspecified atom stereocenters. The average Bonchev–Trinajstić information content (AvgIpc) is 2.59. The van der Waals surface area contributed by atoms with Crippen molar-refractivity contribution in [3.8, 4) is 5.75 Å². The first-order chi connectivity index (χ1) is 12.7. The summed E-state index contributed by atoms with van der Waals surface area (Å²) in [7, 11) is 0. The summed E-state index contributed by atoms with van der Waals surface area (Å²) in [6, 6.07) is 17.2. The highest BCUT2D eigenvalue weighted by Gasteiger charge is 2.27. The number of aromatic nitrogens is 1. The Bertz CT molecular complexity index is 963. The third-order valence-electron chi connectivity index (χ3n) is 4.75. The molecule has 3 aromatic rings. The number of aromatic amines is 1. The predicted molar refractivity (Wildman–Crippen MR) is 105 cm³/mol. The van der Waals surface area contributed by atoms with E-state index >= 15 is 0 Å². The van der Waals surface area contributed by atoms with Gasteiger partial charge in [-0.15, -0.1) is 0 Å². The van der Waals surface area contributed by atoms with Crippen LogP contribution >= 0.6 is 11.6 Å². The highest BCUT2D eigenvalue weighted by Crippen LogP contribution is 2.22. The van der Waals surface area contributed by atoms with Crippen molar-refractivity contribution in [1.29, 1.82) is 0 Å². The van der Waals surface area contributed by atoms with Crippen LogP contribution in [0, 0.1) is 0 Å². The normalized spacial score (nSPS) is 15.1. The van der Waals surface area contributed by atoms with Crippen LogP contribution in [0.4, 0.5) is 0 Å². The maximum atomic E-state index is 11.3. The Morgan fingerprint density at radius 2 is 2.00 bits per heavy atom. The summed E-state index contributed by atoms with van der Waals surface area (Å²) in [6.07, 6.45) is 2.41. The Balaban J connectivity index is 1.24. The van der Waals surface area contributed by atoms with Gasteiger partial charge in [-0.25, -0.2) is 0 Å². The summed E-state index contributed by atoms with van der Waals surface area (Å²) in [5.41, 5.74) is 2.04. The van der Waals surface area contributed by atoms with Gasteiger partial charge in [0.2, 0.25) is 5.56 Å². The van der Waals surface area contributed by atoms with Crippen LogP contribution in [0.3, 0.4) is 0 Å². The van der Waals surface area contributed by atoms with Crippen molar-refractivity contribution in [2.75, 3.05) is 19.6 Å². The standard InChI is InChI=1S/C21H21ClN2O2/c22-17-5-1-3-15(11-17)4-2-10-24-13-19(14-24)26-18-7-8-20-16(12-18)6-9-21(25)23-20/h1,3,5-9,11-12,19H,2,4,10,13-14H2,(H,23,25). The lowest BCUT2D eigenvalue weighted by atomic mass is 10.1. The van der Waals surface area contributed by atoms with Gasteiger partial charge < -0.3 is 9.72 Å². The van der Waals surface area contributed by atoms with Crippen LogP contribution in [-0.4, -0.2) is 35.6 Å². The van der Waals surface area contributed by atoms with E-state index in [-0.39, 0.29) is 11.7 Å². The number of pyridine rings is 1. The molecule has 0 amide bonds. The van der Waals surface area contributed by atoms with Crippen molar-refractivity contribution >= 4 is 22.5 Å². The first kappa shape index (κ1) is 17.1. The smallest absolute Gasteiger partial charge is 0.248 e. The molecule has 2 heterocycles. The molecule has 2 aromatic carbocycles. The van der Waals surface area contributed by atoms with Gasteiger partial charge in [-0.05, 0) is 61.3 Å². The first-order valence-electron chi connectivity index (χ1n) is 8.92. The molecule has 1 N–H and O–H groups in total. The lowest BCUT2D eigenvalue weighted by molar-refractivity contribution is 0.0196. The van der Waals surface area contributed by atoms with Crippen LogP contribution in [0.25, 0.3) is 10.9 Å². The van der Waals surface area contributed by atoms with Gasteiger partial charge in [0.1, 0.15) is 11.9 Å². The van der Waals surface area contributed by atoms with Crippen molar-refractivity contribution in [2.24, 2.45) is 0 Å². The molecule has 4 rings (SSSR count). The number of hydrogen-bond donors (Lipinski definition) is 1. The minimum Gasteiger partial charge on any atom is -0.488 e.